The summed E-state index contributed by atoms with van der Waals surface area (Å²) in [6.45, 7) is 7.92. The Bertz CT molecular complexity index is 393. The summed E-state index contributed by atoms with van der Waals surface area (Å²) in [5.74, 6) is -0.504. The number of ether oxygens (including phenoxy) is 1. The molecular formula is C15H30N4O4. The van der Waals surface area contributed by atoms with Crippen molar-refractivity contribution in [3.8, 4) is 0 Å². The average Bonchev–Trinajstić information content (AvgIpc) is 2.40. The Morgan fingerprint density at radius 1 is 1.09 bits per heavy atom. The summed E-state index contributed by atoms with van der Waals surface area (Å²) in [6.07, 6.45) is 1.39. The molecule has 0 unspecified atom stereocenters. The third-order valence-corrected chi connectivity index (χ3v) is 2.73. The van der Waals surface area contributed by atoms with Gasteiger partial charge >= 0.3 is 6.09 Å². The monoisotopic (exact) mass is 330 g/mol. The largest absolute Gasteiger partial charge is 0.444 e. The van der Waals surface area contributed by atoms with Crippen LogP contribution in [-0.4, -0.2) is 49.2 Å². The van der Waals surface area contributed by atoms with Gasteiger partial charge in [0.1, 0.15) is 11.6 Å². The molecule has 0 saturated heterocycles. The van der Waals surface area contributed by atoms with Gasteiger partial charge < -0.3 is 26.4 Å². The van der Waals surface area contributed by atoms with Gasteiger partial charge in [-0.15, -0.1) is 0 Å². The van der Waals surface area contributed by atoms with Gasteiger partial charge in [-0.05, 0) is 40.0 Å². The van der Waals surface area contributed by atoms with Crippen molar-refractivity contribution >= 4 is 17.9 Å². The normalized spacial score (nSPS) is 12.2. The van der Waals surface area contributed by atoms with Crippen molar-refractivity contribution in [3.63, 3.8) is 0 Å². The lowest BCUT2D eigenvalue weighted by Crippen LogP contribution is -2.47. The topological polar surface area (TPSA) is 123 Å². The Morgan fingerprint density at radius 2 is 1.74 bits per heavy atom. The van der Waals surface area contributed by atoms with Gasteiger partial charge in [-0.1, -0.05) is 0 Å². The maximum atomic E-state index is 11.9. The summed E-state index contributed by atoms with van der Waals surface area (Å²) in [5, 5.41) is 7.92. The van der Waals surface area contributed by atoms with Gasteiger partial charge in [0.05, 0.1) is 0 Å². The van der Waals surface area contributed by atoms with Crippen LogP contribution < -0.4 is 21.7 Å². The summed E-state index contributed by atoms with van der Waals surface area (Å²) in [7, 11) is 0. The van der Waals surface area contributed by atoms with E-state index in [1.807, 2.05) is 0 Å². The molecular weight excluding hydrogens is 300 g/mol. The highest BCUT2D eigenvalue weighted by atomic mass is 16.6. The maximum absolute atomic E-state index is 11.9. The summed E-state index contributed by atoms with van der Waals surface area (Å²) >= 11 is 0. The van der Waals surface area contributed by atoms with Crippen LogP contribution in [0.25, 0.3) is 0 Å². The second kappa shape index (κ2) is 10.8. The quantitative estimate of drug-likeness (QED) is 0.452. The lowest BCUT2D eigenvalue weighted by atomic mass is 10.1. The predicted octanol–water partition coefficient (Wildman–Crippen LogP) is 0.261. The van der Waals surface area contributed by atoms with E-state index in [9.17, 15) is 14.4 Å². The molecule has 0 aromatic heterocycles. The van der Waals surface area contributed by atoms with Crippen LogP contribution in [0.1, 0.15) is 47.0 Å². The van der Waals surface area contributed by atoms with Crippen LogP contribution >= 0.6 is 0 Å². The number of rotatable bonds is 9. The Balaban J connectivity index is 4.05. The minimum atomic E-state index is -0.583. The number of carbonyl (C=O) groups excluding carboxylic acids is 3. The highest BCUT2D eigenvalue weighted by Gasteiger charge is 2.19. The number of alkyl carbamates (subject to hydrolysis) is 1. The number of carbonyl (C=O) groups is 3. The first-order valence-electron chi connectivity index (χ1n) is 7.87. The fraction of sp³-hybridized carbons (Fsp3) is 0.800. The summed E-state index contributed by atoms with van der Waals surface area (Å²) in [6, 6.07) is -0.583. The van der Waals surface area contributed by atoms with Gasteiger partial charge in [-0.25, -0.2) is 4.79 Å². The van der Waals surface area contributed by atoms with Crippen LogP contribution in [0.2, 0.25) is 0 Å². The van der Waals surface area contributed by atoms with E-state index in [-0.39, 0.29) is 11.8 Å². The molecule has 0 radical (unpaired) electrons. The molecule has 0 aliphatic rings. The fourth-order valence-electron chi connectivity index (χ4n) is 1.81. The van der Waals surface area contributed by atoms with Crippen LogP contribution in [0.4, 0.5) is 4.79 Å². The lowest BCUT2D eigenvalue weighted by molar-refractivity contribution is -0.128. The molecule has 0 aliphatic heterocycles. The summed E-state index contributed by atoms with van der Waals surface area (Å²) in [4.78, 5) is 34.5. The second-order valence-corrected chi connectivity index (χ2v) is 6.26. The van der Waals surface area contributed by atoms with Crippen LogP contribution in [0.5, 0.6) is 0 Å². The molecule has 0 saturated carbocycles. The van der Waals surface area contributed by atoms with Crippen LogP contribution in [0.15, 0.2) is 0 Å². The van der Waals surface area contributed by atoms with Crippen molar-refractivity contribution in [2.24, 2.45) is 5.73 Å². The van der Waals surface area contributed by atoms with Crippen molar-refractivity contribution in [2.75, 3.05) is 19.6 Å². The van der Waals surface area contributed by atoms with Crippen molar-refractivity contribution in [3.05, 3.63) is 0 Å². The summed E-state index contributed by atoms with van der Waals surface area (Å²) < 4.78 is 5.12. The Morgan fingerprint density at radius 3 is 2.26 bits per heavy atom. The molecule has 0 aliphatic carbocycles. The standard InChI is InChI=1S/C15H30N4O4/c1-11(20)19-12(13(21)17-10-8-16)7-5-6-9-18-14(22)23-15(2,3)4/h12H,5-10,16H2,1-4H3,(H,17,21)(H,18,22)(H,19,20)/t12-/m0/s1. The molecule has 5 N–H and O–H groups in total. The van der Waals surface area contributed by atoms with Crippen molar-refractivity contribution in [1.29, 1.82) is 0 Å². The Hall–Kier alpha value is -1.83. The van der Waals surface area contributed by atoms with Gasteiger partial charge in [-0.3, -0.25) is 9.59 Å². The number of hydrogen-bond donors (Lipinski definition) is 4. The SMILES string of the molecule is CC(=O)N[C@@H](CCCCNC(=O)OC(C)(C)C)C(=O)NCCN. The molecule has 8 heteroatoms. The number of nitrogens with one attached hydrogen (secondary N) is 3. The first kappa shape index (κ1) is 21.2. The predicted molar refractivity (Wildman–Crippen MR) is 87.8 cm³/mol. The Labute approximate surface area is 137 Å². The van der Waals surface area contributed by atoms with Gasteiger partial charge in [0.2, 0.25) is 11.8 Å². The van der Waals surface area contributed by atoms with E-state index in [0.29, 0.717) is 38.9 Å². The van der Waals surface area contributed by atoms with E-state index in [1.54, 1.807) is 20.8 Å². The van der Waals surface area contributed by atoms with E-state index in [2.05, 4.69) is 16.0 Å². The van der Waals surface area contributed by atoms with Crippen LogP contribution in [0, 0.1) is 0 Å². The molecule has 0 aromatic rings. The van der Waals surface area contributed by atoms with Gasteiger partial charge in [0, 0.05) is 26.6 Å². The molecule has 0 spiro atoms. The minimum absolute atomic E-state index is 0.245. The average molecular weight is 330 g/mol. The summed E-state index contributed by atoms with van der Waals surface area (Å²) in [5.41, 5.74) is 4.81. The third kappa shape index (κ3) is 12.4. The first-order valence-corrected chi connectivity index (χ1v) is 7.87. The molecule has 0 rings (SSSR count). The smallest absolute Gasteiger partial charge is 0.407 e. The van der Waals surface area contributed by atoms with Crippen molar-refractivity contribution in [2.45, 2.75) is 58.6 Å². The minimum Gasteiger partial charge on any atom is -0.444 e. The molecule has 134 valence electrons. The highest BCUT2D eigenvalue weighted by molar-refractivity contribution is 5.86. The van der Waals surface area contributed by atoms with Crippen molar-refractivity contribution in [1.82, 2.24) is 16.0 Å². The van der Waals surface area contributed by atoms with Gasteiger partial charge in [-0.2, -0.15) is 0 Å². The number of unbranched alkanes of at least 4 members (excludes halogenated alkanes) is 1. The molecule has 3 amide bonds. The molecule has 23 heavy (non-hydrogen) atoms. The van der Waals surface area contributed by atoms with Gasteiger partial charge in [0.25, 0.3) is 0 Å². The molecule has 0 aromatic carbocycles. The van der Waals surface area contributed by atoms with E-state index < -0.39 is 17.7 Å². The molecule has 0 bridgehead atoms. The first-order chi connectivity index (χ1) is 10.7. The molecule has 8 nitrogen and oxygen atoms in total. The van der Waals surface area contributed by atoms with Crippen LogP contribution in [-0.2, 0) is 14.3 Å². The molecule has 0 heterocycles. The highest BCUT2D eigenvalue weighted by Crippen LogP contribution is 2.06. The van der Waals surface area contributed by atoms with Gasteiger partial charge in [0.15, 0.2) is 0 Å². The van der Waals surface area contributed by atoms with Crippen molar-refractivity contribution < 1.29 is 19.1 Å². The van der Waals surface area contributed by atoms with E-state index in [0.717, 1.165) is 0 Å². The maximum Gasteiger partial charge on any atom is 0.407 e. The number of amides is 3. The number of nitrogens with two attached hydrogens (primary N) is 1. The molecule has 1 atom stereocenters. The van der Waals surface area contributed by atoms with E-state index in [1.165, 1.54) is 6.92 Å². The van der Waals surface area contributed by atoms with E-state index in [4.69, 9.17) is 10.5 Å². The zero-order valence-electron chi connectivity index (χ0n) is 14.5. The zero-order valence-corrected chi connectivity index (χ0v) is 14.5. The third-order valence-electron chi connectivity index (χ3n) is 2.73. The number of hydrogen-bond acceptors (Lipinski definition) is 5. The lowest BCUT2D eigenvalue weighted by Gasteiger charge is -2.20. The Kier molecular flexibility index (Phi) is 9.96. The molecule has 0 fully saturated rings. The fourth-order valence-corrected chi connectivity index (χ4v) is 1.81. The van der Waals surface area contributed by atoms with E-state index >= 15 is 0 Å². The second-order valence-electron chi connectivity index (χ2n) is 6.26. The van der Waals surface area contributed by atoms with Crippen LogP contribution in [0.3, 0.4) is 0 Å². The zero-order chi connectivity index (χ0) is 17.9.